The van der Waals surface area contributed by atoms with Crippen molar-refractivity contribution in [3.63, 3.8) is 0 Å². The maximum atomic E-state index is 12.2. The molecule has 0 atom stereocenters. The van der Waals surface area contributed by atoms with Crippen molar-refractivity contribution in [2.45, 2.75) is 49.7 Å². The number of halogens is 1. The van der Waals surface area contributed by atoms with Crippen LogP contribution in [0.2, 0.25) is 5.02 Å². The highest BCUT2D eigenvalue weighted by atomic mass is 35.5. The van der Waals surface area contributed by atoms with Crippen molar-refractivity contribution < 1.29 is 9.53 Å². The summed E-state index contributed by atoms with van der Waals surface area (Å²) in [7, 11) is 1.63. The smallest absolute Gasteiger partial charge is 0.220 e. The zero-order valence-corrected chi connectivity index (χ0v) is 20.4. The third kappa shape index (κ3) is 7.65. The van der Waals surface area contributed by atoms with Crippen LogP contribution in [-0.4, -0.2) is 27.8 Å². The van der Waals surface area contributed by atoms with Crippen LogP contribution in [0.1, 0.15) is 36.2 Å². The third-order valence-electron chi connectivity index (χ3n) is 5.08. The minimum atomic E-state index is 0.0335. The van der Waals surface area contributed by atoms with Crippen molar-refractivity contribution in [1.29, 1.82) is 0 Å². The van der Waals surface area contributed by atoms with Gasteiger partial charge in [-0.05, 0) is 36.6 Å². The first-order valence-corrected chi connectivity index (χ1v) is 12.3. The fourth-order valence-corrected chi connectivity index (χ4v) is 4.52. The average Bonchev–Trinajstić information content (AvgIpc) is 3.21. The molecule has 0 fully saturated rings. The van der Waals surface area contributed by atoms with Crippen LogP contribution in [0.25, 0.3) is 0 Å². The van der Waals surface area contributed by atoms with Gasteiger partial charge in [0.25, 0.3) is 0 Å². The SMILES string of the molecule is C=CCn1c(CCCCC(=O)NCc2ccccc2OC)nnc1SCc1cccc(Cl)c1. The monoisotopic (exact) mass is 484 g/mol. The zero-order chi connectivity index (χ0) is 23.5. The molecule has 0 bridgehead atoms. The van der Waals surface area contributed by atoms with Crippen LogP contribution in [-0.2, 0) is 30.1 Å². The van der Waals surface area contributed by atoms with E-state index in [1.54, 1.807) is 18.9 Å². The van der Waals surface area contributed by atoms with E-state index in [-0.39, 0.29) is 5.91 Å². The fraction of sp³-hybridized carbons (Fsp3) is 0.320. The molecule has 0 aliphatic heterocycles. The second-order valence-corrected chi connectivity index (χ2v) is 8.89. The lowest BCUT2D eigenvalue weighted by atomic mass is 10.1. The number of benzene rings is 2. The molecule has 3 aromatic rings. The molecular formula is C25H29ClN4O2S. The molecule has 0 unspecified atom stereocenters. The van der Waals surface area contributed by atoms with Gasteiger partial charge in [-0.2, -0.15) is 0 Å². The number of para-hydroxylation sites is 1. The maximum Gasteiger partial charge on any atom is 0.220 e. The largest absolute Gasteiger partial charge is 0.496 e. The molecule has 0 spiro atoms. The molecule has 33 heavy (non-hydrogen) atoms. The van der Waals surface area contributed by atoms with E-state index in [4.69, 9.17) is 16.3 Å². The van der Waals surface area contributed by atoms with Gasteiger partial charge in [0, 0.05) is 42.3 Å². The molecule has 3 rings (SSSR count). The summed E-state index contributed by atoms with van der Waals surface area (Å²) < 4.78 is 7.41. The van der Waals surface area contributed by atoms with Crippen molar-refractivity contribution in [2.75, 3.05) is 7.11 Å². The Morgan fingerprint density at radius 3 is 2.85 bits per heavy atom. The summed E-state index contributed by atoms with van der Waals surface area (Å²) in [6, 6.07) is 15.5. The molecule has 8 heteroatoms. The Morgan fingerprint density at radius 2 is 2.06 bits per heavy atom. The minimum Gasteiger partial charge on any atom is -0.496 e. The Balaban J connectivity index is 1.45. The number of allylic oxidation sites excluding steroid dienone is 1. The number of hydrogen-bond acceptors (Lipinski definition) is 5. The fourth-order valence-electron chi connectivity index (χ4n) is 3.40. The predicted molar refractivity (Wildman–Crippen MR) is 134 cm³/mol. The number of aromatic nitrogens is 3. The number of thioether (sulfide) groups is 1. The van der Waals surface area contributed by atoms with Gasteiger partial charge in [0.05, 0.1) is 7.11 Å². The Kier molecular flexibility index (Phi) is 9.84. The molecule has 0 radical (unpaired) electrons. The highest BCUT2D eigenvalue weighted by molar-refractivity contribution is 7.98. The van der Waals surface area contributed by atoms with Crippen LogP contribution >= 0.6 is 23.4 Å². The summed E-state index contributed by atoms with van der Waals surface area (Å²) in [6.45, 7) is 4.97. The van der Waals surface area contributed by atoms with E-state index in [9.17, 15) is 4.79 Å². The molecular weight excluding hydrogens is 456 g/mol. The molecule has 0 aliphatic carbocycles. The number of aryl methyl sites for hydroxylation is 1. The average molecular weight is 485 g/mol. The number of amides is 1. The summed E-state index contributed by atoms with van der Waals surface area (Å²) in [4.78, 5) is 12.2. The summed E-state index contributed by atoms with van der Waals surface area (Å²) in [5, 5.41) is 13.3. The van der Waals surface area contributed by atoms with Crippen molar-refractivity contribution in [1.82, 2.24) is 20.1 Å². The van der Waals surface area contributed by atoms with Gasteiger partial charge in [-0.15, -0.1) is 16.8 Å². The lowest BCUT2D eigenvalue weighted by Gasteiger charge is -2.10. The summed E-state index contributed by atoms with van der Waals surface area (Å²) in [5.74, 6) is 2.50. The van der Waals surface area contributed by atoms with Gasteiger partial charge in [0.2, 0.25) is 5.91 Å². The number of unbranched alkanes of at least 4 members (excludes halogenated alkanes) is 1. The van der Waals surface area contributed by atoms with E-state index >= 15 is 0 Å². The van der Waals surface area contributed by atoms with Gasteiger partial charge in [-0.3, -0.25) is 4.79 Å². The van der Waals surface area contributed by atoms with Crippen molar-refractivity contribution in [3.8, 4) is 5.75 Å². The van der Waals surface area contributed by atoms with Crippen molar-refractivity contribution >= 4 is 29.3 Å². The number of ether oxygens (including phenoxy) is 1. The van der Waals surface area contributed by atoms with Gasteiger partial charge in [0.15, 0.2) is 5.16 Å². The van der Waals surface area contributed by atoms with Crippen molar-refractivity contribution in [2.24, 2.45) is 0 Å². The number of nitrogens with zero attached hydrogens (tertiary/aromatic N) is 3. The van der Waals surface area contributed by atoms with Gasteiger partial charge < -0.3 is 14.6 Å². The summed E-state index contributed by atoms with van der Waals surface area (Å²) >= 11 is 7.71. The van der Waals surface area contributed by atoms with Crippen LogP contribution in [0.5, 0.6) is 5.75 Å². The van der Waals surface area contributed by atoms with E-state index < -0.39 is 0 Å². The third-order valence-corrected chi connectivity index (χ3v) is 6.36. The van der Waals surface area contributed by atoms with Gasteiger partial charge in [-0.1, -0.05) is 59.8 Å². The molecule has 1 N–H and O–H groups in total. The molecule has 1 aromatic heterocycles. The Hall–Kier alpha value is -2.77. The van der Waals surface area contributed by atoms with Crippen LogP contribution in [0, 0.1) is 0 Å². The number of rotatable bonds is 13. The molecule has 2 aromatic carbocycles. The summed E-state index contributed by atoms with van der Waals surface area (Å²) in [5.41, 5.74) is 2.11. The number of nitrogens with one attached hydrogen (secondary N) is 1. The molecule has 0 saturated carbocycles. The lowest BCUT2D eigenvalue weighted by molar-refractivity contribution is -0.121. The molecule has 6 nitrogen and oxygen atoms in total. The quantitative estimate of drug-likeness (QED) is 0.198. The molecule has 0 saturated heterocycles. The number of carbonyl (C=O) groups is 1. The first-order chi connectivity index (χ1) is 16.1. The number of methoxy groups -OCH3 is 1. The Labute approximate surface area is 204 Å². The van der Waals surface area contributed by atoms with E-state index in [0.717, 1.165) is 57.9 Å². The van der Waals surface area contributed by atoms with Crippen LogP contribution in [0.3, 0.4) is 0 Å². The van der Waals surface area contributed by atoms with Gasteiger partial charge in [0.1, 0.15) is 11.6 Å². The Bertz CT molecular complexity index is 1070. The Morgan fingerprint density at radius 1 is 1.21 bits per heavy atom. The van der Waals surface area contributed by atoms with E-state index in [0.29, 0.717) is 19.5 Å². The molecule has 0 aliphatic rings. The van der Waals surface area contributed by atoms with Gasteiger partial charge >= 0.3 is 0 Å². The topological polar surface area (TPSA) is 69.0 Å². The normalized spacial score (nSPS) is 10.7. The van der Waals surface area contributed by atoms with E-state index in [1.165, 1.54) is 0 Å². The number of carbonyl (C=O) groups excluding carboxylic acids is 1. The van der Waals surface area contributed by atoms with E-state index in [2.05, 4.69) is 26.7 Å². The van der Waals surface area contributed by atoms with E-state index in [1.807, 2.05) is 54.6 Å². The first-order valence-electron chi connectivity index (χ1n) is 10.9. The van der Waals surface area contributed by atoms with Gasteiger partial charge in [-0.25, -0.2) is 0 Å². The molecule has 174 valence electrons. The second kappa shape index (κ2) is 13.1. The molecule has 1 heterocycles. The standard InChI is InChI=1S/C25H29ClN4O2S/c1-3-15-30-23(28-29-25(30)33-18-19-9-8-11-21(26)16-19)13-6-7-14-24(31)27-17-20-10-4-5-12-22(20)32-2/h3-5,8-12,16H,1,6-7,13-15,17-18H2,2H3,(H,27,31). The minimum absolute atomic E-state index is 0.0335. The predicted octanol–water partition coefficient (Wildman–Crippen LogP) is 5.45. The maximum absolute atomic E-state index is 12.2. The second-order valence-electron chi connectivity index (χ2n) is 7.51. The zero-order valence-electron chi connectivity index (χ0n) is 18.8. The first kappa shape index (κ1) is 24.9. The highest BCUT2D eigenvalue weighted by Gasteiger charge is 2.12. The van der Waals surface area contributed by atoms with Crippen LogP contribution in [0.4, 0.5) is 0 Å². The van der Waals surface area contributed by atoms with Crippen molar-refractivity contribution in [3.05, 3.63) is 83.2 Å². The summed E-state index contributed by atoms with van der Waals surface area (Å²) in [6.07, 6.45) is 4.72. The van der Waals surface area contributed by atoms with Crippen LogP contribution in [0.15, 0.2) is 66.3 Å². The highest BCUT2D eigenvalue weighted by Crippen LogP contribution is 2.24. The lowest BCUT2D eigenvalue weighted by Crippen LogP contribution is -2.22. The van der Waals surface area contributed by atoms with Crippen LogP contribution < -0.4 is 10.1 Å². The molecule has 1 amide bonds. The number of hydrogen-bond donors (Lipinski definition) is 1.